The van der Waals surface area contributed by atoms with E-state index in [1.807, 2.05) is 0 Å². The average Bonchev–Trinajstić information content (AvgIpc) is 2.22. The fourth-order valence-electron chi connectivity index (χ4n) is 1.31. The second-order valence-electron chi connectivity index (χ2n) is 3.22. The van der Waals surface area contributed by atoms with Gasteiger partial charge in [-0.25, -0.2) is 8.78 Å². The van der Waals surface area contributed by atoms with E-state index in [9.17, 15) is 28.1 Å². The summed E-state index contributed by atoms with van der Waals surface area (Å²) < 4.78 is 39.8. The van der Waals surface area contributed by atoms with Crippen molar-refractivity contribution < 1.29 is 28.0 Å². The van der Waals surface area contributed by atoms with Crippen LogP contribution in [0.5, 0.6) is 0 Å². The van der Waals surface area contributed by atoms with Crippen LogP contribution in [0.15, 0.2) is 0 Å². The quantitative estimate of drug-likeness (QED) is 0.504. The SMILES string of the molecule is Cc1c(F)c(F)c(CC(=O)O)c([N+](=O)[O-])c1F. The number of rotatable bonds is 3. The number of benzene rings is 1. The molecule has 0 saturated carbocycles. The molecule has 0 radical (unpaired) electrons. The number of halogens is 3. The van der Waals surface area contributed by atoms with E-state index in [4.69, 9.17) is 5.11 Å². The van der Waals surface area contributed by atoms with Gasteiger partial charge in [-0.2, -0.15) is 4.39 Å². The fourth-order valence-corrected chi connectivity index (χ4v) is 1.31. The Hall–Kier alpha value is -2.12. The summed E-state index contributed by atoms with van der Waals surface area (Å²) in [6.45, 7) is 0.825. The molecule has 8 heteroatoms. The minimum absolute atomic E-state index is 0.825. The van der Waals surface area contributed by atoms with Crippen LogP contribution in [0.25, 0.3) is 0 Å². The van der Waals surface area contributed by atoms with Crippen molar-refractivity contribution >= 4 is 11.7 Å². The molecule has 92 valence electrons. The number of carboxylic acids is 1. The number of aliphatic carboxylic acids is 1. The molecular weight excluding hydrogens is 243 g/mol. The Bertz CT molecular complexity index is 516. The van der Waals surface area contributed by atoms with Crippen molar-refractivity contribution in [1.82, 2.24) is 0 Å². The highest BCUT2D eigenvalue weighted by atomic mass is 19.2. The Morgan fingerprint density at radius 1 is 1.29 bits per heavy atom. The van der Waals surface area contributed by atoms with Crippen LogP contribution in [-0.2, 0) is 11.2 Å². The summed E-state index contributed by atoms with van der Waals surface area (Å²) in [4.78, 5) is 19.6. The van der Waals surface area contributed by atoms with Crippen LogP contribution in [0.1, 0.15) is 11.1 Å². The van der Waals surface area contributed by atoms with Gasteiger partial charge in [-0.1, -0.05) is 0 Å². The van der Waals surface area contributed by atoms with Gasteiger partial charge in [0.05, 0.1) is 16.9 Å². The summed E-state index contributed by atoms with van der Waals surface area (Å²) in [6.07, 6.45) is -1.17. The first-order chi connectivity index (χ1) is 7.77. The molecule has 0 fully saturated rings. The molecular formula is C9H6F3NO4. The van der Waals surface area contributed by atoms with Gasteiger partial charge in [0.1, 0.15) is 0 Å². The van der Waals surface area contributed by atoms with Gasteiger partial charge >= 0.3 is 11.7 Å². The lowest BCUT2D eigenvalue weighted by Crippen LogP contribution is -2.11. The van der Waals surface area contributed by atoms with E-state index < -0.39 is 51.6 Å². The zero-order chi connectivity index (χ0) is 13.3. The van der Waals surface area contributed by atoms with Crippen molar-refractivity contribution in [3.8, 4) is 0 Å². The molecule has 0 unspecified atom stereocenters. The van der Waals surface area contributed by atoms with Crippen molar-refractivity contribution in [2.75, 3.05) is 0 Å². The van der Waals surface area contributed by atoms with Gasteiger partial charge in [0.15, 0.2) is 11.6 Å². The van der Waals surface area contributed by atoms with Crippen LogP contribution in [-0.4, -0.2) is 16.0 Å². The number of nitro benzene ring substituents is 1. The predicted molar refractivity (Wildman–Crippen MR) is 49.0 cm³/mol. The Balaban J connectivity index is 3.65. The summed E-state index contributed by atoms with van der Waals surface area (Å²) in [6, 6.07) is 0. The van der Waals surface area contributed by atoms with E-state index in [-0.39, 0.29) is 0 Å². The first kappa shape index (κ1) is 12.9. The van der Waals surface area contributed by atoms with E-state index in [0.29, 0.717) is 0 Å². The third-order valence-corrected chi connectivity index (χ3v) is 2.12. The van der Waals surface area contributed by atoms with Crippen LogP contribution in [0.4, 0.5) is 18.9 Å². The Kier molecular flexibility index (Phi) is 3.35. The first-order valence-electron chi connectivity index (χ1n) is 4.29. The van der Waals surface area contributed by atoms with Gasteiger partial charge in [-0.15, -0.1) is 0 Å². The molecule has 0 amide bonds. The monoisotopic (exact) mass is 249 g/mol. The molecule has 17 heavy (non-hydrogen) atoms. The number of hydrogen-bond donors (Lipinski definition) is 1. The van der Waals surface area contributed by atoms with Crippen molar-refractivity contribution in [2.45, 2.75) is 13.3 Å². The predicted octanol–water partition coefficient (Wildman–Crippen LogP) is 1.95. The van der Waals surface area contributed by atoms with Gasteiger partial charge < -0.3 is 5.11 Å². The highest BCUT2D eigenvalue weighted by molar-refractivity contribution is 5.72. The lowest BCUT2D eigenvalue weighted by atomic mass is 10.0. The lowest BCUT2D eigenvalue weighted by Gasteiger charge is -2.07. The molecule has 0 saturated heterocycles. The maximum absolute atomic E-state index is 13.4. The largest absolute Gasteiger partial charge is 0.481 e. The summed E-state index contributed by atoms with van der Waals surface area (Å²) >= 11 is 0. The first-order valence-corrected chi connectivity index (χ1v) is 4.29. The standard InChI is InChI=1S/C9H6F3NO4/c1-3-6(10)8(12)4(2-5(14)15)9(7(3)11)13(16)17/h2H2,1H3,(H,14,15). The number of nitrogens with zero attached hydrogens (tertiary/aromatic N) is 1. The molecule has 1 aromatic carbocycles. The maximum atomic E-state index is 13.4. The summed E-state index contributed by atoms with van der Waals surface area (Å²) in [5, 5.41) is 18.9. The van der Waals surface area contributed by atoms with Gasteiger partial charge in [0, 0.05) is 5.56 Å². The second kappa shape index (κ2) is 4.40. The zero-order valence-corrected chi connectivity index (χ0v) is 8.46. The molecule has 0 aliphatic heterocycles. The Morgan fingerprint density at radius 3 is 2.24 bits per heavy atom. The Labute approximate surface area is 92.6 Å². The van der Waals surface area contributed by atoms with E-state index in [2.05, 4.69) is 0 Å². The van der Waals surface area contributed by atoms with Gasteiger partial charge in [0.25, 0.3) is 0 Å². The minimum atomic E-state index is -1.71. The smallest absolute Gasteiger partial charge is 0.311 e. The van der Waals surface area contributed by atoms with Crippen LogP contribution in [0, 0.1) is 34.5 Å². The normalized spacial score (nSPS) is 10.4. The van der Waals surface area contributed by atoms with Crippen LogP contribution in [0.3, 0.4) is 0 Å². The van der Waals surface area contributed by atoms with Gasteiger partial charge in [-0.3, -0.25) is 14.9 Å². The topological polar surface area (TPSA) is 80.4 Å². The molecule has 5 nitrogen and oxygen atoms in total. The number of nitro groups is 1. The number of carbonyl (C=O) groups is 1. The van der Waals surface area contributed by atoms with Crippen LogP contribution in [0.2, 0.25) is 0 Å². The molecule has 1 aromatic rings. The third-order valence-electron chi connectivity index (χ3n) is 2.12. The summed E-state index contributed by atoms with van der Waals surface area (Å²) in [5.74, 6) is -6.53. The minimum Gasteiger partial charge on any atom is -0.481 e. The van der Waals surface area contributed by atoms with Gasteiger partial charge in [-0.05, 0) is 6.92 Å². The van der Waals surface area contributed by atoms with Crippen LogP contribution < -0.4 is 0 Å². The summed E-state index contributed by atoms with van der Waals surface area (Å²) in [7, 11) is 0. The molecule has 0 bridgehead atoms. The fraction of sp³-hybridized carbons (Fsp3) is 0.222. The third kappa shape index (κ3) is 2.19. The van der Waals surface area contributed by atoms with Crippen molar-refractivity contribution in [3.05, 3.63) is 38.7 Å². The van der Waals surface area contributed by atoms with E-state index >= 15 is 0 Å². The molecule has 1 N–H and O–H groups in total. The molecule has 0 atom stereocenters. The molecule has 0 aromatic heterocycles. The number of hydrogen-bond acceptors (Lipinski definition) is 3. The molecule has 1 rings (SSSR count). The molecule has 0 heterocycles. The zero-order valence-electron chi connectivity index (χ0n) is 8.46. The average molecular weight is 249 g/mol. The molecule has 0 aliphatic carbocycles. The van der Waals surface area contributed by atoms with Crippen molar-refractivity contribution in [2.24, 2.45) is 0 Å². The maximum Gasteiger partial charge on any atom is 0.311 e. The molecule has 0 aliphatic rings. The summed E-state index contributed by atoms with van der Waals surface area (Å²) in [5.41, 5.74) is -3.31. The Morgan fingerprint density at radius 2 is 1.82 bits per heavy atom. The second-order valence-corrected chi connectivity index (χ2v) is 3.22. The van der Waals surface area contributed by atoms with E-state index in [0.717, 1.165) is 6.92 Å². The van der Waals surface area contributed by atoms with Gasteiger partial charge in [0.2, 0.25) is 5.82 Å². The lowest BCUT2D eigenvalue weighted by molar-refractivity contribution is -0.388. The van der Waals surface area contributed by atoms with E-state index in [1.54, 1.807) is 0 Å². The van der Waals surface area contributed by atoms with Crippen molar-refractivity contribution in [1.29, 1.82) is 0 Å². The number of carboxylic acid groups (broad SMARTS) is 1. The highest BCUT2D eigenvalue weighted by Gasteiger charge is 2.31. The molecule has 0 spiro atoms. The highest BCUT2D eigenvalue weighted by Crippen LogP contribution is 2.30. The van der Waals surface area contributed by atoms with Crippen LogP contribution >= 0.6 is 0 Å². The van der Waals surface area contributed by atoms with Crippen molar-refractivity contribution in [3.63, 3.8) is 0 Å². The van der Waals surface area contributed by atoms with E-state index in [1.165, 1.54) is 0 Å².